The summed E-state index contributed by atoms with van der Waals surface area (Å²) < 4.78 is 10.6. The third-order valence-electron chi connectivity index (χ3n) is 4.24. The first-order valence-corrected chi connectivity index (χ1v) is 8.84. The molecule has 5 nitrogen and oxygen atoms in total. The first-order chi connectivity index (χ1) is 12.1. The number of unbranched alkanes of at least 4 members (excludes halogenated alkanes) is 3. The lowest BCUT2D eigenvalue weighted by atomic mass is 9.98. The van der Waals surface area contributed by atoms with Crippen molar-refractivity contribution in [2.75, 3.05) is 13.2 Å². The molecule has 25 heavy (non-hydrogen) atoms. The topological polar surface area (TPSA) is 72.8 Å². The number of hydrogen-bond acceptors (Lipinski definition) is 5. The van der Waals surface area contributed by atoms with Gasteiger partial charge in [0, 0.05) is 18.4 Å². The van der Waals surface area contributed by atoms with Crippen LogP contribution in [0.1, 0.15) is 51.0 Å². The first-order valence-electron chi connectivity index (χ1n) is 8.84. The Kier molecular flexibility index (Phi) is 7.19. The Hall–Kier alpha value is -2.14. The molecule has 1 unspecified atom stereocenters. The van der Waals surface area contributed by atoms with E-state index in [4.69, 9.17) is 9.47 Å². The lowest BCUT2D eigenvalue weighted by molar-refractivity contribution is -0.166. The van der Waals surface area contributed by atoms with Crippen LogP contribution in [-0.2, 0) is 19.1 Å². The van der Waals surface area contributed by atoms with E-state index in [1.165, 1.54) is 0 Å². The average molecular weight is 346 g/mol. The number of carbonyl (C=O) groups excluding carboxylic acids is 2. The maximum atomic E-state index is 12.1. The number of rotatable bonds is 9. The third kappa shape index (κ3) is 5.71. The minimum atomic E-state index is -1.17. The Labute approximate surface area is 148 Å². The average Bonchev–Trinajstić information content (AvgIpc) is 2.94. The van der Waals surface area contributed by atoms with Crippen molar-refractivity contribution in [3.05, 3.63) is 41.5 Å². The van der Waals surface area contributed by atoms with E-state index in [1.807, 2.05) is 30.3 Å². The zero-order valence-corrected chi connectivity index (χ0v) is 14.7. The van der Waals surface area contributed by atoms with Gasteiger partial charge >= 0.3 is 11.9 Å². The van der Waals surface area contributed by atoms with Crippen LogP contribution in [0.5, 0.6) is 0 Å². The van der Waals surface area contributed by atoms with Crippen LogP contribution >= 0.6 is 0 Å². The number of cyclic esters (lactones) is 1. The van der Waals surface area contributed by atoms with Crippen LogP contribution in [0.15, 0.2) is 35.9 Å². The van der Waals surface area contributed by atoms with Gasteiger partial charge in [0.2, 0.25) is 0 Å². The van der Waals surface area contributed by atoms with Crippen LogP contribution in [0, 0.1) is 0 Å². The molecule has 1 aliphatic rings. The molecule has 1 fully saturated rings. The van der Waals surface area contributed by atoms with Gasteiger partial charge in [-0.25, -0.2) is 4.79 Å². The second-order valence-electron chi connectivity index (χ2n) is 6.46. The van der Waals surface area contributed by atoms with Crippen LogP contribution in [-0.4, -0.2) is 35.9 Å². The highest BCUT2D eigenvalue weighted by Gasteiger charge is 2.44. The van der Waals surface area contributed by atoms with Crippen LogP contribution in [0.2, 0.25) is 0 Å². The predicted molar refractivity (Wildman–Crippen MR) is 94.7 cm³/mol. The molecule has 0 bridgehead atoms. The highest BCUT2D eigenvalue weighted by molar-refractivity contribution is 5.96. The van der Waals surface area contributed by atoms with E-state index in [0.29, 0.717) is 12.0 Å². The van der Waals surface area contributed by atoms with Gasteiger partial charge in [-0.3, -0.25) is 4.79 Å². The summed E-state index contributed by atoms with van der Waals surface area (Å²) in [5.41, 5.74) is 0.187. The summed E-state index contributed by atoms with van der Waals surface area (Å²) >= 11 is 0. The van der Waals surface area contributed by atoms with Crippen molar-refractivity contribution in [3.8, 4) is 0 Å². The van der Waals surface area contributed by atoms with Gasteiger partial charge in [-0.05, 0) is 18.1 Å². The summed E-state index contributed by atoms with van der Waals surface area (Å²) in [7, 11) is 0. The summed E-state index contributed by atoms with van der Waals surface area (Å²) in [6, 6.07) is 9.43. The van der Waals surface area contributed by atoms with Gasteiger partial charge in [0.15, 0.2) is 5.60 Å². The lowest BCUT2D eigenvalue weighted by Gasteiger charge is -2.24. The Bertz CT molecular complexity index is 608. The van der Waals surface area contributed by atoms with Crippen molar-refractivity contribution in [3.63, 3.8) is 0 Å². The monoisotopic (exact) mass is 346 g/mol. The standard InChI is InChI=1S/C20H26O5/c1-2-3-4-8-11-18(22)24-15-20(14-21)13-17(19(23)25-20)12-16-9-6-5-7-10-16/h5-7,9-10,12,21H,2-4,8,11,13-15H2,1H3/b17-12+. The van der Waals surface area contributed by atoms with E-state index in [1.54, 1.807) is 6.08 Å². The van der Waals surface area contributed by atoms with Crippen molar-refractivity contribution in [2.45, 2.75) is 51.0 Å². The molecule has 1 N–H and O–H groups in total. The lowest BCUT2D eigenvalue weighted by Crippen LogP contribution is -2.39. The molecule has 136 valence electrons. The number of hydrogen-bond donors (Lipinski definition) is 1. The van der Waals surface area contributed by atoms with Crippen LogP contribution in [0.3, 0.4) is 0 Å². The van der Waals surface area contributed by atoms with E-state index in [0.717, 1.165) is 31.2 Å². The van der Waals surface area contributed by atoms with E-state index in [9.17, 15) is 14.7 Å². The second kappa shape index (κ2) is 9.37. The summed E-state index contributed by atoms with van der Waals surface area (Å²) in [4.78, 5) is 23.9. The summed E-state index contributed by atoms with van der Waals surface area (Å²) in [6.07, 6.45) is 6.30. The smallest absolute Gasteiger partial charge is 0.334 e. The molecule has 1 saturated heterocycles. The molecule has 0 amide bonds. The van der Waals surface area contributed by atoms with E-state index >= 15 is 0 Å². The van der Waals surface area contributed by atoms with Gasteiger partial charge in [-0.15, -0.1) is 0 Å². The second-order valence-corrected chi connectivity index (χ2v) is 6.46. The molecule has 1 atom stereocenters. The van der Waals surface area contributed by atoms with Crippen molar-refractivity contribution in [1.29, 1.82) is 0 Å². The molecular weight excluding hydrogens is 320 g/mol. The molecule has 0 saturated carbocycles. The molecule has 0 radical (unpaired) electrons. The van der Waals surface area contributed by atoms with Gasteiger partial charge in [0.25, 0.3) is 0 Å². The number of benzene rings is 1. The summed E-state index contributed by atoms with van der Waals surface area (Å²) in [5, 5.41) is 9.68. The van der Waals surface area contributed by atoms with Gasteiger partial charge in [0.1, 0.15) is 6.61 Å². The first kappa shape index (κ1) is 19.2. The van der Waals surface area contributed by atoms with Gasteiger partial charge in [-0.2, -0.15) is 0 Å². The van der Waals surface area contributed by atoms with Crippen LogP contribution < -0.4 is 0 Å². The molecule has 0 aliphatic carbocycles. The largest absolute Gasteiger partial charge is 0.461 e. The molecule has 5 heteroatoms. The SMILES string of the molecule is CCCCCCC(=O)OCC1(CO)C/C(=C\c2ccccc2)C(=O)O1. The Balaban J connectivity index is 1.91. The van der Waals surface area contributed by atoms with Crippen LogP contribution in [0.4, 0.5) is 0 Å². The molecular formula is C20H26O5. The fraction of sp³-hybridized carbons (Fsp3) is 0.500. The molecule has 0 aromatic heterocycles. The fourth-order valence-corrected chi connectivity index (χ4v) is 2.77. The van der Waals surface area contributed by atoms with Crippen molar-refractivity contribution >= 4 is 18.0 Å². The van der Waals surface area contributed by atoms with Gasteiger partial charge < -0.3 is 14.6 Å². The summed E-state index contributed by atoms with van der Waals surface area (Å²) in [5.74, 6) is -0.794. The maximum absolute atomic E-state index is 12.1. The maximum Gasteiger partial charge on any atom is 0.334 e. The number of ether oxygens (including phenoxy) is 2. The molecule has 1 heterocycles. The zero-order valence-electron chi connectivity index (χ0n) is 14.7. The van der Waals surface area contributed by atoms with Gasteiger partial charge in [0.05, 0.1) is 6.61 Å². The van der Waals surface area contributed by atoms with Crippen LogP contribution in [0.25, 0.3) is 6.08 Å². The number of aliphatic hydroxyl groups excluding tert-OH is 1. The van der Waals surface area contributed by atoms with Gasteiger partial charge in [-0.1, -0.05) is 56.5 Å². The number of esters is 2. The van der Waals surface area contributed by atoms with Crippen molar-refractivity contribution in [1.82, 2.24) is 0 Å². The molecule has 0 spiro atoms. The van der Waals surface area contributed by atoms with Crippen molar-refractivity contribution in [2.24, 2.45) is 0 Å². The third-order valence-corrected chi connectivity index (χ3v) is 4.24. The molecule has 1 aliphatic heterocycles. The molecule has 1 aromatic rings. The Morgan fingerprint density at radius 2 is 2.04 bits per heavy atom. The molecule has 1 aromatic carbocycles. The quantitative estimate of drug-likeness (QED) is 0.422. The Morgan fingerprint density at radius 3 is 2.72 bits per heavy atom. The zero-order chi connectivity index (χ0) is 18.1. The Morgan fingerprint density at radius 1 is 1.28 bits per heavy atom. The minimum absolute atomic E-state index is 0.117. The number of carbonyl (C=O) groups is 2. The fourth-order valence-electron chi connectivity index (χ4n) is 2.77. The van der Waals surface area contributed by atoms with E-state index in [2.05, 4.69) is 6.92 Å². The van der Waals surface area contributed by atoms with E-state index in [-0.39, 0.29) is 25.6 Å². The highest BCUT2D eigenvalue weighted by Crippen LogP contribution is 2.32. The summed E-state index contributed by atoms with van der Waals surface area (Å²) in [6.45, 7) is 1.61. The molecule has 2 rings (SSSR count). The highest BCUT2D eigenvalue weighted by atomic mass is 16.6. The van der Waals surface area contributed by atoms with Crippen molar-refractivity contribution < 1.29 is 24.2 Å². The predicted octanol–water partition coefficient (Wildman–Crippen LogP) is 3.26. The number of aliphatic hydroxyl groups is 1. The minimum Gasteiger partial charge on any atom is -0.461 e. The van der Waals surface area contributed by atoms with E-state index < -0.39 is 11.6 Å². The normalized spacial score (nSPS) is 21.4.